The van der Waals surface area contributed by atoms with Crippen LogP contribution in [-0.2, 0) is 20.8 Å². The summed E-state index contributed by atoms with van der Waals surface area (Å²) in [6.45, 7) is 3.45. The number of hydrogen-bond acceptors (Lipinski definition) is 8. The molecule has 4 atom stereocenters. The van der Waals surface area contributed by atoms with Crippen LogP contribution >= 0.6 is 0 Å². The van der Waals surface area contributed by atoms with Crippen LogP contribution in [0.3, 0.4) is 0 Å². The minimum absolute atomic E-state index is 0.0360. The number of fused-ring (bicyclic) bond motifs is 3. The van der Waals surface area contributed by atoms with Gasteiger partial charge in [-0.05, 0) is 79.3 Å². The van der Waals surface area contributed by atoms with Gasteiger partial charge in [-0.2, -0.15) is 0 Å². The van der Waals surface area contributed by atoms with Crippen LogP contribution in [0.15, 0.2) is 29.1 Å². The van der Waals surface area contributed by atoms with Gasteiger partial charge in [-0.1, -0.05) is 38.7 Å². The molecule has 0 saturated heterocycles. The number of ether oxygens (including phenoxy) is 4. The van der Waals surface area contributed by atoms with Crippen LogP contribution in [0.1, 0.15) is 88.8 Å². The molecule has 1 saturated carbocycles. The Balaban J connectivity index is 1.80. The number of amides is 2. The third kappa shape index (κ3) is 7.82. The van der Waals surface area contributed by atoms with E-state index in [1.165, 1.54) is 41.4 Å². The van der Waals surface area contributed by atoms with Crippen molar-refractivity contribution in [3.63, 3.8) is 0 Å². The molecule has 1 unspecified atom stereocenters. The minimum atomic E-state index is -1.16. The van der Waals surface area contributed by atoms with Crippen molar-refractivity contribution in [3.8, 4) is 34.1 Å². The van der Waals surface area contributed by atoms with Gasteiger partial charge in [-0.15, -0.1) is 0 Å². The maximum atomic E-state index is 14.2. The standard InChI is InChI=1S/C36H48N2O9/c1-21-10-8-7-9-16-36(17-15-21,35(42)43)20-27(37-22(2)39)34(41)38-26-13-11-23-18-30(45-4)32(46-5)33(47-6)31(23)24-12-14-29(44-3)28(40)19-25(24)26/h12,14,18-19,21,26-27H,7-11,13,15-17,20H2,1-6H3,(H,37,39)(H,38,41)(H,42,43)/t21?,26-,27-,36-/m0/s1. The van der Waals surface area contributed by atoms with E-state index < -0.39 is 35.3 Å². The molecule has 3 N–H and O–H groups in total. The Kier molecular flexibility index (Phi) is 11.8. The van der Waals surface area contributed by atoms with Crippen LogP contribution in [-0.4, -0.2) is 57.4 Å². The van der Waals surface area contributed by atoms with Crippen molar-refractivity contribution in [2.45, 2.75) is 90.1 Å². The average Bonchev–Trinajstić information content (AvgIpc) is 3.23. The number of carboxylic acid groups (broad SMARTS) is 1. The van der Waals surface area contributed by atoms with Gasteiger partial charge in [0, 0.05) is 12.5 Å². The molecule has 0 spiro atoms. The molecule has 0 aromatic heterocycles. The number of benzene rings is 1. The minimum Gasteiger partial charge on any atom is -0.493 e. The summed E-state index contributed by atoms with van der Waals surface area (Å²) in [6, 6.07) is 4.89. The van der Waals surface area contributed by atoms with Gasteiger partial charge >= 0.3 is 5.97 Å². The van der Waals surface area contributed by atoms with Gasteiger partial charge in [0.1, 0.15) is 6.04 Å². The van der Waals surface area contributed by atoms with Gasteiger partial charge in [0.15, 0.2) is 17.2 Å². The van der Waals surface area contributed by atoms with Crippen LogP contribution in [0.25, 0.3) is 11.1 Å². The predicted octanol–water partition coefficient (Wildman–Crippen LogP) is 5.20. The van der Waals surface area contributed by atoms with E-state index in [0.29, 0.717) is 65.5 Å². The van der Waals surface area contributed by atoms with E-state index in [-0.39, 0.29) is 17.6 Å². The Morgan fingerprint density at radius 3 is 2.28 bits per heavy atom. The van der Waals surface area contributed by atoms with Crippen molar-refractivity contribution in [1.29, 1.82) is 0 Å². The average molecular weight is 653 g/mol. The van der Waals surface area contributed by atoms with Crippen LogP contribution in [0, 0.1) is 11.3 Å². The Hall–Kier alpha value is -4.28. The maximum Gasteiger partial charge on any atom is 0.309 e. The lowest BCUT2D eigenvalue weighted by atomic mass is 9.73. The van der Waals surface area contributed by atoms with Gasteiger partial charge in [-0.3, -0.25) is 19.2 Å². The van der Waals surface area contributed by atoms with Crippen LogP contribution in [0.4, 0.5) is 0 Å². The fraction of sp³-hybridized carbons (Fsp3) is 0.556. The Bertz CT molecular complexity index is 1540. The number of methoxy groups -OCH3 is 4. The zero-order valence-electron chi connectivity index (χ0n) is 28.3. The highest BCUT2D eigenvalue weighted by molar-refractivity contribution is 5.89. The number of hydrogen-bond donors (Lipinski definition) is 3. The number of rotatable bonds is 10. The van der Waals surface area contributed by atoms with E-state index in [4.69, 9.17) is 18.9 Å². The fourth-order valence-corrected chi connectivity index (χ4v) is 7.16. The summed E-state index contributed by atoms with van der Waals surface area (Å²) in [6.07, 6.45) is 6.16. The van der Waals surface area contributed by atoms with E-state index in [2.05, 4.69) is 17.6 Å². The largest absolute Gasteiger partial charge is 0.493 e. The summed E-state index contributed by atoms with van der Waals surface area (Å²) >= 11 is 0. The second-order valence-corrected chi connectivity index (χ2v) is 12.8. The van der Waals surface area contributed by atoms with E-state index in [1.54, 1.807) is 12.1 Å². The van der Waals surface area contributed by atoms with Gasteiger partial charge in [-0.25, -0.2) is 0 Å². The third-order valence-corrected chi connectivity index (χ3v) is 9.75. The van der Waals surface area contributed by atoms with Crippen LogP contribution in [0.5, 0.6) is 23.0 Å². The van der Waals surface area contributed by atoms with Gasteiger partial charge in [0.05, 0.1) is 39.9 Å². The topological polar surface area (TPSA) is 149 Å². The zero-order valence-corrected chi connectivity index (χ0v) is 28.3. The van der Waals surface area contributed by atoms with Crippen molar-refractivity contribution in [1.82, 2.24) is 10.6 Å². The first-order valence-electron chi connectivity index (χ1n) is 16.3. The van der Waals surface area contributed by atoms with Crippen molar-refractivity contribution >= 4 is 17.8 Å². The van der Waals surface area contributed by atoms with Crippen molar-refractivity contribution in [2.75, 3.05) is 28.4 Å². The Morgan fingerprint density at radius 1 is 0.915 bits per heavy atom. The molecule has 2 aromatic carbocycles. The Morgan fingerprint density at radius 2 is 1.64 bits per heavy atom. The molecule has 2 amide bonds. The summed E-state index contributed by atoms with van der Waals surface area (Å²) in [5, 5.41) is 16.4. The lowest BCUT2D eigenvalue weighted by molar-refractivity contribution is -0.152. The molecule has 0 heterocycles. The number of carbonyl (C=O) groups is 3. The van der Waals surface area contributed by atoms with Gasteiger partial charge in [0.25, 0.3) is 0 Å². The van der Waals surface area contributed by atoms with E-state index in [1.807, 2.05) is 6.07 Å². The number of carboxylic acids is 1. The molecule has 2 aromatic rings. The van der Waals surface area contributed by atoms with Crippen molar-refractivity contribution in [2.24, 2.45) is 11.3 Å². The molecule has 1 fully saturated rings. The molecule has 2 aliphatic rings. The zero-order chi connectivity index (χ0) is 34.3. The number of aryl methyl sites for hydroxylation is 1. The predicted molar refractivity (Wildman–Crippen MR) is 177 cm³/mol. The molecule has 2 aliphatic carbocycles. The molecule has 0 radical (unpaired) electrons. The van der Waals surface area contributed by atoms with Crippen LogP contribution in [0.2, 0.25) is 0 Å². The summed E-state index contributed by atoms with van der Waals surface area (Å²) in [4.78, 5) is 52.8. The van der Waals surface area contributed by atoms with Crippen LogP contribution < -0.4 is 35.0 Å². The monoisotopic (exact) mass is 652 g/mol. The maximum absolute atomic E-state index is 14.2. The van der Waals surface area contributed by atoms with Crippen molar-refractivity contribution in [3.05, 3.63) is 45.6 Å². The highest BCUT2D eigenvalue weighted by Gasteiger charge is 2.43. The van der Waals surface area contributed by atoms with Gasteiger partial charge < -0.3 is 34.7 Å². The third-order valence-electron chi connectivity index (χ3n) is 9.75. The molecule has 47 heavy (non-hydrogen) atoms. The van der Waals surface area contributed by atoms with E-state index >= 15 is 0 Å². The Labute approximate surface area is 276 Å². The molecule has 11 nitrogen and oxygen atoms in total. The fourth-order valence-electron chi connectivity index (χ4n) is 7.16. The number of aliphatic carboxylic acids is 1. The quantitative estimate of drug-likeness (QED) is 0.315. The first kappa shape index (κ1) is 35.6. The first-order valence-corrected chi connectivity index (χ1v) is 16.3. The summed E-state index contributed by atoms with van der Waals surface area (Å²) in [5.74, 6) is -0.117. The normalized spacial score (nSPS) is 21.6. The summed E-state index contributed by atoms with van der Waals surface area (Å²) < 4.78 is 22.5. The van der Waals surface area contributed by atoms with E-state index in [0.717, 1.165) is 37.7 Å². The lowest BCUT2D eigenvalue weighted by Gasteiger charge is -2.34. The van der Waals surface area contributed by atoms with Gasteiger partial charge in [0.2, 0.25) is 23.0 Å². The second-order valence-electron chi connectivity index (χ2n) is 12.8. The molecule has 0 bridgehead atoms. The smallest absolute Gasteiger partial charge is 0.309 e. The first-order chi connectivity index (χ1) is 22.5. The summed E-state index contributed by atoms with van der Waals surface area (Å²) in [7, 11) is 5.99. The highest BCUT2D eigenvalue weighted by atomic mass is 16.5. The molecule has 4 rings (SSSR count). The highest BCUT2D eigenvalue weighted by Crippen LogP contribution is 2.50. The molecule has 256 valence electrons. The molecule has 11 heteroatoms. The number of nitrogens with one attached hydrogen (secondary N) is 2. The lowest BCUT2D eigenvalue weighted by Crippen LogP contribution is -2.51. The number of carbonyl (C=O) groups excluding carboxylic acids is 2. The second kappa shape index (κ2) is 15.5. The SMILES string of the molecule is COc1cc2c(c(OC)c1OC)-c1ccc(OC)c(=O)cc1[C@@H](NC(=O)[C@H](C[C@]1(C(=O)O)CCCCCC(C)CC1)NC(C)=O)CC2. The molecule has 0 aliphatic heterocycles. The molecular formula is C36H48N2O9. The summed E-state index contributed by atoms with van der Waals surface area (Å²) in [5.41, 5.74) is 1.17. The molecular weight excluding hydrogens is 604 g/mol. The van der Waals surface area contributed by atoms with E-state index in [9.17, 15) is 24.3 Å². The van der Waals surface area contributed by atoms with Crippen molar-refractivity contribution < 1.29 is 38.4 Å².